The second-order valence-corrected chi connectivity index (χ2v) is 4.58. The van der Waals surface area contributed by atoms with Gasteiger partial charge in [-0.05, 0) is 6.07 Å². The van der Waals surface area contributed by atoms with Crippen molar-refractivity contribution in [1.29, 1.82) is 0 Å². The molecule has 6 nitrogen and oxygen atoms in total. The standard InChI is InChI=1S/C14H15N5O/c1-19-12-5-3-2-4-10(12)11(8-14(19)20)15-7-6-13-16-9-17-18-13/h2-5,8-9,15H,6-7H2,1H3,(H,16,17,18). The average Bonchev–Trinajstić information content (AvgIpc) is 2.97. The molecule has 6 heteroatoms. The van der Waals surface area contributed by atoms with E-state index in [4.69, 9.17) is 0 Å². The normalized spacial score (nSPS) is 10.8. The van der Waals surface area contributed by atoms with E-state index in [0.717, 1.165) is 28.8 Å². The van der Waals surface area contributed by atoms with Crippen molar-refractivity contribution in [3.05, 3.63) is 52.8 Å². The molecule has 2 heterocycles. The Morgan fingerprint density at radius 1 is 1.35 bits per heavy atom. The molecule has 0 aliphatic heterocycles. The summed E-state index contributed by atoms with van der Waals surface area (Å²) in [6.07, 6.45) is 2.21. The largest absolute Gasteiger partial charge is 0.384 e. The molecule has 2 N–H and O–H groups in total. The molecule has 0 saturated heterocycles. The fourth-order valence-corrected chi connectivity index (χ4v) is 2.22. The van der Waals surface area contributed by atoms with Crippen LogP contribution < -0.4 is 10.9 Å². The molecular formula is C14H15N5O. The van der Waals surface area contributed by atoms with E-state index in [9.17, 15) is 4.79 Å². The molecule has 3 aromatic rings. The van der Waals surface area contributed by atoms with E-state index in [2.05, 4.69) is 20.5 Å². The molecule has 0 amide bonds. The molecule has 2 aromatic heterocycles. The lowest BCUT2D eigenvalue weighted by Crippen LogP contribution is -2.18. The molecule has 1 aromatic carbocycles. The van der Waals surface area contributed by atoms with E-state index in [1.165, 1.54) is 6.33 Å². The number of nitrogens with one attached hydrogen (secondary N) is 2. The molecule has 0 bridgehead atoms. The summed E-state index contributed by atoms with van der Waals surface area (Å²) < 4.78 is 1.65. The van der Waals surface area contributed by atoms with E-state index >= 15 is 0 Å². The third kappa shape index (κ3) is 2.27. The van der Waals surface area contributed by atoms with Crippen LogP contribution in [0.3, 0.4) is 0 Å². The van der Waals surface area contributed by atoms with Gasteiger partial charge in [0.05, 0.1) is 5.52 Å². The molecule has 0 aliphatic carbocycles. The molecule has 102 valence electrons. The molecular weight excluding hydrogens is 254 g/mol. The van der Waals surface area contributed by atoms with Crippen molar-refractivity contribution in [1.82, 2.24) is 19.7 Å². The van der Waals surface area contributed by atoms with Gasteiger partial charge < -0.3 is 9.88 Å². The Morgan fingerprint density at radius 3 is 3.00 bits per heavy atom. The Labute approximate surface area is 115 Å². The monoisotopic (exact) mass is 269 g/mol. The lowest BCUT2D eigenvalue weighted by Gasteiger charge is -2.11. The van der Waals surface area contributed by atoms with Gasteiger partial charge in [-0.2, -0.15) is 5.10 Å². The van der Waals surface area contributed by atoms with Crippen LogP contribution in [0.25, 0.3) is 10.9 Å². The Hall–Kier alpha value is -2.63. The number of pyridine rings is 1. The highest BCUT2D eigenvalue weighted by Gasteiger charge is 2.05. The number of anilines is 1. The molecule has 0 aliphatic rings. The van der Waals surface area contributed by atoms with Gasteiger partial charge in [-0.15, -0.1) is 0 Å². The molecule has 0 unspecified atom stereocenters. The highest BCUT2D eigenvalue weighted by atomic mass is 16.1. The molecule has 0 saturated carbocycles. The first-order valence-corrected chi connectivity index (χ1v) is 6.42. The Kier molecular flexibility index (Phi) is 3.20. The van der Waals surface area contributed by atoms with Gasteiger partial charge >= 0.3 is 0 Å². The van der Waals surface area contributed by atoms with Crippen molar-refractivity contribution in [2.45, 2.75) is 6.42 Å². The highest BCUT2D eigenvalue weighted by Crippen LogP contribution is 2.20. The van der Waals surface area contributed by atoms with Crippen molar-refractivity contribution < 1.29 is 0 Å². The number of hydrogen-bond acceptors (Lipinski definition) is 4. The van der Waals surface area contributed by atoms with Crippen molar-refractivity contribution in [2.24, 2.45) is 7.05 Å². The van der Waals surface area contributed by atoms with Crippen molar-refractivity contribution in [3.63, 3.8) is 0 Å². The molecule has 0 spiro atoms. The number of para-hydroxylation sites is 1. The highest BCUT2D eigenvalue weighted by molar-refractivity contribution is 5.91. The van der Waals surface area contributed by atoms with Gasteiger partial charge in [0.25, 0.3) is 5.56 Å². The maximum Gasteiger partial charge on any atom is 0.252 e. The molecule has 3 rings (SSSR count). The van der Waals surface area contributed by atoms with Gasteiger partial charge in [0.1, 0.15) is 12.2 Å². The fraction of sp³-hybridized carbons (Fsp3) is 0.214. The quantitative estimate of drug-likeness (QED) is 0.749. The lowest BCUT2D eigenvalue weighted by molar-refractivity contribution is 0.892. The fourth-order valence-electron chi connectivity index (χ4n) is 2.22. The second-order valence-electron chi connectivity index (χ2n) is 4.58. The van der Waals surface area contributed by atoms with Crippen molar-refractivity contribution in [2.75, 3.05) is 11.9 Å². The number of benzene rings is 1. The molecule has 0 atom stereocenters. The van der Waals surface area contributed by atoms with E-state index in [1.54, 1.807) is 17.7 Å². The van der Waals surface area contributed by atoms with Gasteiger partial charge in [-0.25, -0.2) is 4.98 Å². The maximum absolute atomic E-state index is 11.9. The summed E-state index contributed by atoms with van der Waals surface area (Å²) in [4.78, 5) is 16.0. The van der Waals surface area contributed by atoms with Crippen LogP contribution in [-0.2, 0) is 13.5 Å². The topological polar surface area (TPSA) is 75.6 Å². The lowest BCUT2D eigenvalue weighted by atomic mass is 10.1. The van der Waals surface area contributed by atoms with E-state index in [0.29, 0.717) is 6.54 Å². The van der Waals surface area contributed by atoms with E-state index in [1.807, 2.05) is 24.3 Å². The summed E-state index contributed by atoms with van der Waals surface area (Å²) in [5, 5.41) is 10.9. The van der Waals surface area contributed by atoms with Crippen LogP contribution in [0.4, 0.5) is 5.69 Å². The number of H-pyrrole nitrogens is 1. The predicted octanol–water partition coefficient (Wildman–Crippen LogP) is 1.31. The Bertz CT molecular complexity index is 776. The first-order valence-electron chi connectivity index (χ1n) is 6.42. The van der Waals surface area contributed by atoms with Gasteiger partial charge in [-0.3, -0.25) is 9.89 Å². The summed E-state index contributed by atoms with van der Waals surface area (Å²) in [6, 6.07) is 9.47. The summed E-state index contributed by atoms with van der Waals surface area (Å²) in [6.45, 7) is 0.687. The Balaban J connectivity index is 1.87. The van der Waals surface area contributed by atoms with Crippen LogP contribution in [0.15, 0.2) is 41.5 Å². The minimum absolute atomic E-state index is 0.0223. The van der Waals surface area contributed by atoms with Crippen LogP contribution in [0.1, 0.15) is 5.82 Å². The first-order chi connectivity index (χ1) is 9.75. The minimum atomic E-state index is -0.0223. The van der Waals surface area contributed by atoms with Crippen molar-refractivity contribution >= 4 is 16.6 Å². The number of nitrogens with zero attached hydrogens (tertiary/aromatic N) is 3. The van der Waals surface area contributed by atoms with Gasteiger partial charge in [-0.1, -0.05) is 18.2 Å². The SMILES string of the molecule is Cn1c(=O)cc(NCCc2ncn[nH]2)c2ccccc21. The van der Waals surface area contributed by atoms with Gasteiger partial charge in [0, 0.05) is 37.2 Å². The summed E-state index contributed by atoms with van der Waals surface area (Å²) in [5.74, 6) is 0.825. The minimum Gasteiger partial charge on any atom is -0.384 e. The van der Waals surface area contributed by atoms with Crippen LogP contribution >= 0.6 is 0 Å². The number of aryl methyl sites for hydroxylation is 1. The Morgan fingerprint density at radius 2 is 2.20 bits per heavy atom. The predicted molar refractivity (Wildman–Crippen MR) is 77.8 cm³/mol. The summed E-state index contributed by atoms with van der Waals surface area (Å²) >= 11 is 0. The second kappa shape index (κ2) is 5.16. The third-order valence-electron chi connectivity index (χ3n) is 3.30. The van der Waals surface area contributed by atoms with Crippen LogP contribution in [0, 0.1) is 0 Å². The number of aromatic amines is 1. The first kappa shape index (κ1) is 12.4. The summed E-state index contributed by atoms with van der Waals surface area (Å²) in [5.41, 5.74) is 1.75. The molecule has 20 heavy (non-hydrogen) atoms. The molecule has 0 radical (unpaired) electrons. The zero-order valence-electron chi connectivity index (χ0n) is 11.1. The summed E-state index contributed by atoms with van der Waals surface area (Å²) in [7, 11) is 1.78. The van der Waals surface area contributed by atoms with Crippen molar-refractivity contribution in [3.8, 4) is 0 Å². The molecule has 0 fully saturated rings. The van der Waals surface area contributed by atoms with E-state index < -0.39 is 0 Å². The third-order valence-corrected chi connectivity index (χ3v) is 3.30. The van der Waals surface area contributed by atoms with Crippen LogP contribution in [0.2, 0.25) is 0 Å². The average molecular weight is 269 g/mol. The van der Waals surface area contributed by atoms with E-state index in [-0.39, 0.29) is 5.56 Å². The zero-order chi connectivity index (χ0) is 13.9. The number of rotatable bonds is 4. The smallest absolute Gasteiger partial charge is 0.252 e. The number of fused-ring (bicyclic) bond motifs is 1. The maximum atomic E-state index is 11.9. The van der Waals surface area contributed by atoms with Crippen LogP contribution in [-0.4, -0.2) is 26.3 Å². The number of hydrogen-bond donors (Lipinski definition) is 2. The zero-order valence-corrected chi connectivity index (χ0v) is 11.1. The van der Waals surface area contributed by atoms with Crippen LogP contribution in [0.5, 0.6) is 0 Å². The van der Waals surface area contributed by atoms with Gasteiger partial charge in [0.15, 0.2) is 0 Å². The van der Waals surface area contributed by atoms with Gasteiger partial charge in [0.2, 0.25) is 0 Å². The number of aromatic nitrogens is 4.